The maximum Gasteiger partial charge on any atom is 0.296 e. The van der Waals surface area contributed by atoms with E-state index in [0.29, 0.717) is 11.8 Å². The lowest BCUT2D eigenvalue weighted by molar-refractivity contribution is -0.118. The summed E-state index contributed by atoms with van der Waals surface area (Å²) in [4.78, 5) is 10.9. The van der Waals surface area contributed by atoms with E-state index in [0.717, 1.165) is 53.6 Å². The summed E-state index contributed by atoms with van der Waals surface area (Å²) in [7, 11) is -8.23. The minimum Gasteiger partial charge on any atom is -0.505 e. The van der Waals surface area contributed by atoms with Crippen LogP contribution in [0.3, 0.4) is 0 Å². The minimum atomic E-state index is -5.03. The average molecular weight is 684 g/mol. The van der Waals surface area contributed by atoms with Gasteiger partial charge in [-0.25, -0.2) is 0 Å². The number of unbranched alkanes of at least 4 members (excludes halogenated alkanes) is 2. The minimum absolute atomic E-state index is 0.0807. The second kappa shape index (κ2) is 14.1. The molecule has 0 bridgehead atoms. The van der Waals surface area contributed by atoms with Gasteiger partial charge < -0.3 is 21.5 Å². The average Bonchev–Trinajstić information content (AvgIpc) is 2.99. The number of aryl methyl sites for hydroxylation is 2. The van der Waals surface area contributed by atoms with Crippen LogP contribution < -0.4 is 16.4 Å². The summed E-state index contributed by atoms with van der Waals surface area (Å²) < 4.78 is 66.9. The Labute approximate surface area is 273 Å². The van der Waals surface area contributed by atoms with E-state index in [1.807, 2.05) is 44.2 Å². The molecule has 0 heterocycles. The van der Waals surface area contributed by atoms with Gasteiger partial charge in [-0.1, -0.05) is 44.4 Å². The second-order valence-electron chi connectivity index (χ2n) is 11.1. The van der Waals surface area contributed by atoms with Crippen molar-refractivity contribution in [3.8, 4) is 16.9 Å². The molecular formula is C32H37N5O8S2. The number of nitrogen functional groups attached to an aromatic ring is 1. The van der Waals surface area contributed by atoms with Crippen molar-refractivity contribution in [1.29, 1.82) is 0 Å². The number of benzene rings is 4. The molecule has 0 spiro atoms. The number of rotatable bonds is 12. The molecular weight excluding hydrogens is 647 g/mol. The van der Waals surface area contributed by atoms with Crippen molar-refractivity contribution in [2.24, 2.45) is 10.2 Å². The number of carbonyl (C=O) groups excluding carboxylic acids is 1. The van der Waals surface area contributed by atoms with Gasteiger partial charge in [0, 0.05) is 11.1 Å². The number of nitrogens with two attached hydrogens (primary N) is 1. The predicted octanol–water partition coefficient (Wildman–Crippen LogP) is 6.43. The molecule has 0 fully saturated rings. The zero-order valence-electron chi connectivity index (χ0n) is 26.3. The summed E-state index contributed by atoms with van der Waals surface area (Å²) in [5.41, 5.74) is 9.66. The van der Waals surface area contributed by atoms with Gasteiger partial charge in [-0.05, 0) is 86.0 Å². The van der Waals surface area contributed by atoms with Crippen LogP contribution in [-0.2, 0) is 25.0 Å². The molecule has 15 heteroatoms. The highest BCUT2D eigenvalue weighted by Crippen LogP contribution is 2.44. The normalized spacial score (nSPS) is 12.9. The second-order valence-corrected chi connectivity index (χ2v) is 13.9. The van der Waals surface area contributed by atoms with Gasteiger partial charge in [-0.15, -0.1) is 5.11 Å². The Hall–Kier alpha value is -4.41. The third kappa shape index (κ3) is 7.94. The van der Waals surface area contributed by atoms with Crippen LogP contribution in [-0.4, -0.2) is 50.0 Å². The third-order valence-corrected chi connectivity index (χ3v) is 9.60. The molecule has 0 aliphatic rings. The number of phenols is 1. The molecule has 0 saturated carbocycles. The van der Waals surface area contributed by atoms with E-state index < -0.39 is 46.9 Å². The molecule has 0 aliphatic carbocycles. The van der Waals surface area contributed by atoms with Crippen LogP contribution in [0.4, 0.5) is 22.7 Å². The molecule has 4 aromatic rings. The summed E-state index contributed by atoms with van der Waals surface area (Å²) in [6.07, 6.45) is 3.88. The maximum atomic E-state index is 12.8. The molecule has 1 atom stereocenters. The van der Waals surface area contributed by atoms with E-state index in [9.17, 15) is 35.8 Å². The largest absolute Gasteiger partial charge is 0.505 e. The SMILES string of the molecule is CCCCCC(NC)C(=O)Nc1ccc(-c2ccc(N=Nc3ccc4c(S(=O)(=O)O)cc(S(=O)(=O)O)c(N)c4c3O)c(C)c2)cc1C. The van der Waals surface area contributed by atoms with E-state index in [4.69, 9.17) is 5.73 Å². The molecule has 13 nitrogen and oxygen atoms in total. The highest BCUT2D eigenvalue weighted by atomic mass is 32.2. The number of azo groups is 1. The Morgan fingerprint density at radius 3 is 2.02 bits per heavy atom. The quantitative estimate of drug-likeness (QED) is 0.0416. The summed E-state index contributed by atoms with van der Waals surface area (Å²) >= 11 is 0. The van der Waals surface area contributed by atoms with E-state index in [2.05, 4.69) is 27.8 Å². The number of hydrogen-bond acceptors (Lipinski definition) is 10. The summed E-state index contributed by atoms with van der Waals surface area (Å²) in [6.45, 7) is 5.85. The van der Waals surface area contributed by atoms with Crippen LogP contribution in [0, 0.1) is 13.8 Å². The first-order chi connectivity index (χ1) is 22.1. The molecule has 1 amide bonds. The first-order valence-corrected chi connectivity index (χ1v) is 17.6. The van der Waals surface area contributed by atoms with Gasteiger partial charge in [0.1, 0.15) is 15.5 Å². The van der Waals surface area contributed by atoms with Crippen LogP contribution in [0.5, 0.6) is 5.75 Å². The molecule has 0 saturated heterocycles. The van der Waals surface area contributed by atoms with Crippen LogP contribution in [0.1, 0.15) is 43.7 Å². The number of hydrogen-bond donors (Lipinski definition) is 6. The van der Waals surface area contributed by atoms with E-state index in [1.165, 1.54) is 12.1 Å². The van der Waals surface area contributed by atoms with Gasteiger partial charge >= 0.3 is 0 Å². The summed E-state index contributed by atoms with van der Waals surface area (Å²) in [6, 6.07) is 13.8. The lowest BCUT2D eigenvalue weighted by Gasteiger charge is -2.17. The topological polar surface area (TPSA) is 221 Å². The number of aromatic hydroxyl groups is 1. The molecule has 7 N–H and O–H groups in total. The lowest BCUT2D eigenvalue weighted by Crippen LogP contribution is -2.38. The van der Waals surface area contributed by atoms with Crippen molar-refractivity contribution >= 4 is 59.7 Å². The monoisotopic (exact) mass is 683 g/mol. The van der Waals surface area contributed by atoms with Gasteiger partial charge in [-0.2, -0.15) is 21.9 Å². The van der Waals surface area contributed by atoms with Crippen molar-refractivity contribution in [2.45, 2.75) is 62.3 Å². The Morgan fingerprint density at radius 2 is 1.45 bits per heavy atom. The van der Waals surface area contributed by atoms with Gasteiger partial charge in [0.2, 0.25) is 5.91 Å². The number of phenolic OH excluding ortho intramolecular Hbond substituents is 1. The molecule has 250 valence electrons. The number of amides is 1. The van der Waals surface area contributed by atoms with Crippen molar-refractivity contribution in [3.05, 3.63) is 65.7 Å². The number of fused-ring (bicyclic) bond motifs is 1. The highest BCUT2D eigenvalue weighted by molar-refractivity contribution is 7.87. The summed E-state index contributed by atoms with van der Waals surface area (Å²) in [5.74, 6) is -0.791. The summed E-state index contributed by atoms with van der Waals surface area (Å²) in [5, 5.41) is 24.6. The Balaban J connectivity index is 1.61. The fraction of sp³-hybridized carbons (Fsp3) is 0.281. The van der Waals surface area contributed by atoms with Gasteiger partial charge in [0.25, 0.3) is 20.2 Å². The van der Waals surface area contributed by atoms with Crippen LogP contribution >= 0.6 is 0 Å². The Morgan fingerprint density at radius 1 is 0.851 bits per heavy atom. The van der Waals surface area contributed by atoms with E-state index in [1.54, 1.807) is 13.1 Å². The molecule has 0 aromatic heterocycles. The van der Waals surface area contributed by atoms with Gasteiger partial charge in [0.05, 0.1) is 22.8 Å². The zero-order chi connectivity index (χ0) is 34.7. The molecule has 0 radical (unpaired) electrons. The highest BCUT2D eigenvalue weighted by Gasteiger charge is 2.26. The van der Waals surface area contributed by atoms with Crippen molar-refractivity contribution in [1.82, 2.24) is 5.32 Å². The molecule has 47 heavy (non-hydrogen) atoms. The van der Waals surface area contributed by atoms with E-state index >= 15 is 0 Å². The number of carbonyl (C=O) groups is 1. The number of nitrogens with zero attached hydrogens (tertiary/aromatic N) is 2. The first kappa shape index (κ1) is 35.4. The van der Waals surface area contributed by atoms with Crippen molar-refractivity contribution < 1.29 is 35.8 Å². The van der Waals surface area contributed by atoms with Crippen LogP contribution in [0.25, 0.3) is 21.9 Å². The lowest BCUT2D eigenvalue weighted by atomic mass is 10.00. The van der Waals surface area contributed by atoms with Gasteiger partial charge in [0.15, 0.2) is 5.75 Å². The van der Waals surface area contributed by atoms with Crippen molar-refractivity contribution in [3.63, 3.8) is 0 Å². The maximum absolute atomic E-state index is 12.8. The fourth-order valence-corrected chi connectivity index (χ4v) is 6.66. The van der Waals surface area contributed by atoms with E-state index in [-0.39, 0.29) is 23.0 Å². The first-order valence-electron chi connectivity index (χ1n) is 14.7. The number of anilines is 2. The van der Waals surface area contributed by atoms with Gasteiger partial charge in [-0.3, -0.25) is 13.9 Å². The fourth-order valence-electron chi connectivity index (χ4n) is 5.23. The molecule has 4 aromatic carbocycles. The molecule has 0 aliphatic heterocycles. The molecule has 1 unspecified atom stereocenters. The Bertz CT molecular complexity index is 2100. The standard InChI is InChI=1S/C32H37N5O8S2/c1-5-6-7-8-26(34-4)32(39)35-23-12-9-20(15-18(23)2)21-10-13-24(19(3)16-21)36-37-25-14-11-22-27(46(40,41)42)17-28(47(43,44)45)30(33)29(22)31(25)38/h9-17,26,34,38H,5-8,33H2,1-4H3,(H,35,39)(H,40,41,42)(H,43,44,45). The van der Waals surface area contributed by atoms with Crippen LogP contribution in [0.15, 0.2) is 74.6 Å². The molecule has 4 rings (SSSR count). The smallest absolute Gasteiger partial charge is 0.296 e. The Kier molecular flexibility index (Phi) is 10.7. The predicted molar refractivity (Wildman–Crippen MR) is 181 cm³/mol. The zero-order valence-corrected chi connectivity index (χ0v) is 27.9. The number of likely N-dealkylation sites (N-methyl/N-ethyl adjacent to an activating group) is 1. The van der Waals surface area contributed by atoms with Crippen LogP contribution in [0.2, 0.25) is 0 Å². The van der Waals surface area contributed by atoms with Crippen molar-refractivity contribution in [2.75, 3.05) is 18.1 Å². The third-order valence-electron chi connectivity index (χ3n) is 7.82. The number of nitrogens with one attached hydrogen (secondary N) is 2.